The molecule has 1 heterocycles. The molecule has 0 N–H and O–H groups in total. The molecular weight excluding hydrogens is 330 g/mol. The molecular formula is C9H10ClIN2O2. The van der Waals surface area contributed by atoms with Crippen molar-refractivity contribution in [1.29, 1.82) is 0 Å². The summed E-state index contributed by atoms with van der Waals surface area (Å²) in [6, 6.07) is 1.70. The Kier molecular flexibility index (Phi) is 4.30. The highest BCUT2D eigenvalue weighted by Gasteiger charge is 2.17. The minimum Gasteiger partial charge on any atom is -0.274 e. The first-order valence-electron chi connectivity index (χ1n) is 4.12. The van der Waals surface area contributed by atoms with Gasteiger partial charge in [0.1, 0.15) is 8.85 Å². The molecule has 0 bridgehead atoms. The summed E-state index contributed by atoms with van der Waals surface area (Å²) in [5.41, 5.74) is 1.26. The molecule has 1 rings (SSSR count). The first-order chi connectivity index (χ1) is 6.97. The van der Waals surface area contributed by atoms with Crippen LogP contribution in [0.2, 0.25) is 5.15 Å². The zero-order valence-corrected chi connectivity index (χ0v) is 11.5. The Labute approximate surface area is 107 Å². The number of aryl methyl sites for hydroxylation is 1. The van der Waals surface area contributed by atoms with Gasteiger partial charge in [0.25, 0.3) is 5.91 Å². The van der Waals surface area contributed by atoms with Gasteiger partial charge in [0.15, 0.2) is 0 Å². The highest BCUT2D eigenvalue weighted by atomic mass is 127. The third-order valence-electron chi connectivity index (χ3n) is 1.90. The lowest BCUT2D eigenvalue weighted by molar-refractivity contribution is -0.0758. The zero-order chi connectivity index (χ0) is 11.6. The minimum atomic E-state index is -0.242. The molecule has 0 aliphatic heterocycles. The Hall–Kier alpha value is -0.400. The van der Waals surface area contributed by atoms with Crippen molar-refractivity contribution in [3.05, 3.63) is 26.0 Å². The van der Waals surface area contributed by atoms with Crippen LogP contribution in [-0.4, -0.2) is 30.1 Å². The van der Waals surface area contributed by atoms with Gasteiger partial charge in [0, 0.05) is 7.05 Å². The second-order valence-electron chi connectivity index (χ2n) is 2.92. The number of aromatic nitrogens is 1. The summed E-state index contributed by atoms with van der Waals surface area (Å²) in [6.07, 6.45) is 0. The van der Waals surface area contributed by atoms with Gasteiger partial charge in [-0.1, -0.05) is 11.6 Å². The molecule has 0 fully saturated rings. The molecule has 1 aromatic heterocycles. The lowest BCUT2D eigenvalue weighted by Crippen LogP contribution is -2.26. The summed E-state index contributed by atoms with van der Waals surface area (Å²) in [5.74, 6) is -0.242. The first kappa shape index (κ1) is 12.7. The number of pyridine rings is 1. The van der Waals surface area contributed by atoms with E-state index in [0.717, 1.165) is 10.6 Å². The second-order valence-corrected chi connectivity index (χ2v) is 4.30. The second kappa shape index (κ2) is 5.09. The van der Waals surface area contributed by atoms with Gasteiger partial charge >= 0.3 is 0 Å². The lowest BCUT2D eigenvalue weighted by Gasteiger charge is -2.14. The van der Waals surface area contributed by atoms with E-state index >= 15 is 0 Å². The Bertz CT molecular complexity index is 398. The standard InChI is InChI=1S/C9H10ClIN2O2/c1-5-4-6(8(11)12-7(5)10)9(14)13(2)15-3/h4H,1-3H3. The van der Waals surface area contributed by atoms with Gasteiger partial charge in [-0.15, -0.1) is 0 Å². The van der Waals surface area contributed by atoms with Crippen LogP contribution in [0.4, 0.5) is 0 Å². The van der Waals surface area contributed by atoms with Gasteiger partial charge in [-0.25, -0.2) is 10.0 Å². The smallest absolute Gasteiger partial charge is 0.274 e. The van der Waals surface area contributed by atoms with Crippen LogP contribution in [0.25, 0.3) is 0 Å². The Balaban J connectivity index is 3.15. The molecule has 15 heavy (non-hydrogen) atoms. The monoisotopic (exact) mass is 340 g/mol. The summed E-state index contributed by atoms with van der Waals surface area (Å²) < 4.78 is 0.567. The Morgan fingerprint density at radius 1 is 1.67 bits per heavy atom. The number of hydrogen-bond acceptors (Lipinski definition) is 3. The summed E-state index contributed by atoms with van der Waals surface area (Å²) in [7, 11) is 2.98. The fraction of sp³-hybridized carbons (Fsp3) is 0.333. The number of carbonyl (C=O) groups is 1. The summed E-state index contributed by atoms with van der Waals surface area (Å²) in [4.78, 5) is 20.6. The fourth-order valence-electron chi connectivity index (χ4n) is 0.973. The van der Waals surface area contributed by atoms with Crippen LogP contribution in [0.15, 0.2) is 6.07 Å². The molecule has 1 aromatic rings. The molecule has 82 valence electrons. The fourth-order valence-corrected chi connectivity index (χ4v) is 1.88. The molecule has 0 spiro atoms. The summed E-state index contributed by atoms with van der Waals surface area (Å²) in [6.45, 7) is 1.80. The summed E-state index contributed by atoms with van der Waals surface area (Å²) >= 11 is 7.80. The molecule has 0 atom stereocenters. The molecule has 0 aliphatic rings. The van der Waals surface area contributed by atoms with Gasteiger partial charge in [0.2, 0.25) is 0 Å². The van der Waals surface area contributed by atoms with Gasteiger partial charge in [0.05, 0.1) is 12.7 Å². The SMILES string of the molecule is CON(C)C(=O)c1cc(C)c(Cl)nc1I. The van der Waals surface area contributed by atoms with Crippen LogP contribution >= 0.6 is 34.2 Å². The van der Waals surface area contributed by atoms with Crippen LogP contribution in [0.3, 0.4) is 0 Å². The predicted octanol–water partition coefficient (Wildman–Crippen LogP) is 2.28. The molecule has 4 nitrogen and oxygen atoms in total. The van der Waals surface area contributed by atoms with Crippen molar-refractivity contribution in [3.8, 4) is 0 Å². The number of halogens is 2. The molecule has 1 amide bonds. The van der Waals surface area contributed by atoms with E-state index in [1.54, 1.807) is 20.0 Å². The molecule has 0 aliphatic carbocycles. The average Bonchev–Trinajstić information content (AvgIpc) is 2.21. The van der Waals surface area contributed by atoms with E-state index in [4.69, 9.17) is 16.4 Å². The number of nitrogens with zero attached hydrogens (tertiary/aromatic N) is 2. The van der Waals surface area contributed by atoms with E-state index in [-0.39, 0.29) is 5.91 Å². The Morgan fingerprint density at radius 2 is 2.27 bits per heavy atom. The highest BCUT2D eigenvalue weighted by molar-refractivity contribution is 14.1. The number of rotatable bonds is 2. The van der Waals surface area contributed by atoms with Crippen molar-refractivity contribution < 1.29 is 9.63 Å². The van der Waals surface area contributed by atoms with Crippen LogP contribution in [-0.2, 0) is 4.84 Å². The minimum absolute atomic E-state index is 0.242. The van der Waals surface area contributed by atoms with Crippen LogP contribution in [0, 0.1) is 10.6 Å². The van der Waals surface area contributed by atoms with E-state index in [9.17, 15) is 4.79 Å². The van der Waals surface area contributed by atoms with Gasteiger partial charge in [-0.3, -0.25) is 9.63 Å². The van der Waals surface area contributed by atoms with Gasteiger partial charge in [-0.2, -0.15) is 0 Å². The summed E-state index contributed by atoms with van der Waals surface area (Å²) in [5, 5.41) is 1.56. The third-order valence-corrected chi connectivity index (χ3v) is 3.10. The maximum atomic E-state index is 11.8. The van der Waals surface area contributed by atoms with Crippen molar-refractivity contribution in [2.24, 2.45) is 0 Å². The van der Waals surface area contributed by atoms with E-state index in [2.05, 4.69) is 4.98 Å². The van der Waals surface area contributed by atoms with E-state index < -0.39 is 0 Å². The number of hydrogen-bond donors (Lipinski definition) is 0. The van der Waals surface area contributed by atoms with Crippen LogP contribution < -0.4 is 0 Å². The average molecular weight is 341 g/mol. The van der Waals surface area contributed by atoms with E-state index in [0.29, 0.717) is 14.4 Å². The van der Waals surface area contributed by atoms with E-state index in [1.165, 1.54) is 7.11 Å². The van der Waals surface area contributed by atoms with Crippen molar-refractivity contribution in [2.45, 2.75) is 6.92 Å². The molecule has 0 unspecified atom stereocenters. The number of carbonyl (C=O) groups excluding carboxylic acids is 1. The predicted molar refractivity (Wildman–Crippen MR) is 65.8 cm³/mol. The quantitative estimate of drug-likeness (QED) is 0.471. The van der Waals surface area contributed by atoms with Gasteiger partial charge < -0.3 is 0 Å². The number of hydroxylamine groups is 2. The molecule has 0 aromatic carbocycles. The van der Waals surface area contributed by atoms with Crippen molar-refractivity contribution in [2.75, 3.05) is 14.2 Å². The van der Waals surface area contributed by atoms with Crippen LogP contribution in [0.1, 0.15) is 15.9 Å². The third kappa shape index (κ3) is 2.79. The first-order valence-corrected chi connectivity index (χ1v) is 5.58. The topological polar surface area (TPSA) is 42.4 Å². The largest absolute Gasteiger partial charge is 0.279 e. The van der Waals surface area contributed by atoms with Gasteiger partial charge in [-0.05, 0) is 41.1 Å². The maximum absolute atomic E-state index is 11.8. The molecule has 6 heteroatoms. The highest BCUT2D eigenvalue weighted by Crippen LogP contribution is 2.19. The molecule has 0 saturated carbocycles. The Morgan fingerprint density at radius 3 is 2.80 bits per heavy atom. The molecule has 0 radical (unpaired) electrons. The lowest BCUT2D eigenvalue weighted by atomic mass is 10.2. The maximum Gasteiger partial charge on any atom is 0.279 e. The van der Waals surface area contributed by atoms with Crippen molar-refractivity contribution in [1.82, 2.24) is 10.0 Å². The van der Waals surface area contributed by atoms with Crippen LogP contribution in [0.5, 0.6) is 0 Å². The molecule has 0 saturated heterocycles. The normalized spacial score (nSPS) is 10.2. The zero-order valence-electron chi connectivity index (χ0n) is 8.54. The van der Waals surface area contributed by atoms with Crippen molar-refractivity contribution >= 4 is 40.1 Å². The van der Waals surface area contributed by atoms with E-state index in [1.807, 2.05) is 22.6 Å². The van der Waals surface area contributed by atoms with Crippen molar-refractivity contribution in [3.63, 3.8) is 0 Å². The number of amides is 1.